The fraction of sp³-hybridized carbons (Fsp3) is 0.588. The van der Waals surface area contributed by atoms with Crippen molar-refractivity contribution in [3.8, 4) is 0 Å². The molecule has 134 valence electrons. The maximum Gasteiger partial charge on any atom is 0.272 e. The molecule has 4 rings (SSSR count). The van der Waals surface area contributed by atoms with Gasteiger partial charge in [0.05, 0.1) is 13.2 Å². The number of ether oxygens (including phenoxy) is 1. The van der Waals surface area contributed by atoms with Crippen molar-refractivity contribution in [2.75, 3.05) is 26.3 Å². The minimum atomic E-state index is -0.125. The van der Waals surface area contributed by atoms with E-state index in [1.165, 1.54) is 0 Å². The van der Waals surface area contributed by atoms with Crippen molar-refractivity contribution >= 4 is 5.91 Å². The number of carbonyl (C=O) groups is 1. The Morgan fingerprint density at radius 2 is 2.24 bits per heavy atom. The molecular weight excluding hydrogens is 322 g/mol. The highest BCUT2D eigenvalue weighted by molar-refractivity contribution is 5.92. The summed E-state index contributed by atoms with van der Waals surface area (Å²) >= 11 is 0. The number of amides is 1. The maximum absolute atomic E-state index is 12.3. The van der Waals surface area contributed by atoms with Gasteiger partial charge < -0.3 is 14.6 Å². The normalized spacial score (nSPS) is 21.1. The molecule has 2 aliphatic rings. The van der Waals surface area contributed by atoms with E-state index in [1.807, 2.05) is 0 Å². The molecule has 0 radical (unpaired) electrons. The van der Waals surface area contributed by atoms with Gasteiger partial charge in [-0.2, -0.15) is 5.10 Å². The van der Waals surface area contributed by atoms with E-state index in [-0.39, 0.29) is 11.9 Å². The van der Waals surface area contributed by atoms with Crippen LogP contribution in [0.3, 0.4) is 0 Å². The largest absolute Gasteiger partial charge is 0.379 e. The van der Waals surface area contributed by atoms with Crippen LogP contribution >= 0.6 is 0 Å². The monoisotopic (exact) mass is 345 g/mol. The van der Waals surface area contributed by atoms with Crippen LogP contribution in [-0.2, 0) is 31.2 Å². The Kier molecular flexibility index (Phi) is 4.54. The van der Waals surface area contributed by atoms with E-state index >= 15 is 0 Å². The van der Waals surface area contributed by atoms with Gasteiger partial charge in [-0.25, -0.2) is 0 Å². The van der Waals surface area contributed by atoms with E-state index < -0.39 is 0 Å². The van der Waals surface area contributed by atoms with Crippen LogP contribution in [0.4, 0.5) is 0 Å². The number of morpholine rings is 1. The summed E-state index contributed by atoms with van der Waals surface area (Å²) in [5.41, 5.74) is 2.60. The van der Waals surface area contributed by atoms with Gasteiger partial charge in [0.15, 0.2) is 0 Å². The van der Waals surface area contributed by atoms with Gasteiger partial charge in [0, 0.05) is 50.9 Å². The minimum Gasteiger partial charge on any atom is -0.379 e. The van der Waals surface area contributed by atoms with E-state index in [2.05, 4.69) is 20.5 Å². The quantitative estimate of drug-likeness (QED) is 0.870. The van der Waals surface area contributed by atoms with E-state index in [1.54, 1.807) is 24.0 Å². The standard InChI is InChI=1S/C17H23N5O3/c1-21-5-4-14(19-21)17(23)18-12-2-3-16-13(10-12)15(20-25-16)11-22-6-8-24-9-7-22/h4-5,12H,2-3,6-11H2,1H3,(H,18,23). The third kappa shape index (κ3) is 3.59. The third-order valence-electron chi connectivity index (χ3n) is 4.88. The zero-order valence-corrected chi connectivity index (χ0v) is 14.4. The van der Waals surface area contributed by atoms with Crippen molar-refractivity contribution in [2.24, 2.45) is 7.05 Å². The van der Waals surface area contributed by atoms with Crippen molar-refractivity contribution in [2.45, 2.75) is 31.8 Å². The molecule has 1 unspecified atom stereocenters. The van der Waals surface area contributed by atoms with Crippen LogP contribution in [-0.4, -0.2) is 58.1 Å². The van der Waals surface area contributed by atoms with Gasteiger partial charge in [-0.1, -0.05) is 5.16 Å². The summed E-state index contributed by atoms with van der Waals surface area (Å²) in [6, 6.07) is 1.82. The molecule has 25 heavy (non-hydrogen) atoms. The molecule has 3 heterocycles. The minimum absolute atomic E-state index is 0.0878. The first-order valence-corrected chi connectivity index (χ1v) is 8.76. The number of hydrogen-bond acceptors (Lipinski definition) is 6. The number of carbonyl (C=O) groups excluding carboxylic acids is 1. The number of fused-ring (bicyclic) bond motifs is 1. The number of nitrogens with zero attached hydrogens (tertiary/aromatic N) is 4. The zero-order chi connectivity index (χ0) is 17.2. The smallest absolute Gasteiger partial charge is 0.272 e. The molecule has 2 aromatic rings. The Morgan fingerprint density at radius 3 is 3.00 bits per heavy atom. The maximum atomic E-state index is 12.3. The Hall–Kier alpha value is -2.19. The van der Waals surface area contributed by atoms with Crippen molar-refractivity contribution in [1.29, 1.82) is 0 Å². The average molecular weight is 345 g/mol. The van der Waals surface area contributed by atoms with Crippen LogP contribution in [0.1, 0.15) is 33.9 Å². The first-order valence-electron chi connectivity index (χ1n) is 8.76. The van der Waals surface area contributed by atoms with Gasteiger partial charge in [0.25, 0.3) is 5.91 Å². The Morgan fingerprint density at radius 1 is 1.40 bits per heavy atom. The van der Waals surface area contributed by atoms with Crippen LogP contribution in [0.25, 0.3) is 0 Å². The molecule has 2 aromatic heterocycles. The van der Waals surface area contributed by atoms with Gasteiger partial charge in [0.1, 0.15) is 17.1 Å². The molecular formula is C17H23N5O3. The van der Waals surface area contributed by atoms with E-state index in [0.717, 1.165) is 69.1 Å². The van der Waals surface area contributed by atoms with Gasteiger partial charge in [-0.3, -0.25) is 14.4 Å². The van der Waals surface area contributed by atoms with Crippen LogP contribution in [0.2, 0.25) is 0 Å². The second-order valence-corrected chi connectivity index (χ2v) is 6.71. The van der Waals surface area contributed by atoms with E-state index in [9.17, 15) is 4.79 Å². The number of nitrogens with one attached hydrogen (secondary N) is 1. The van der Waals surface area contributed by atoms with Gasteiger partial charge in [0.2, 0.25) is 0 Å². The van der Waals surface area contributed by atoms with Gasteiger partial charge in [-0.05, 0) is 18.9 Å². The average Bonchev–Trinajstić information content (AvgIpc) is 3.23. The summed E-state index contributed by atoms with van der Waals surface area (Å²) in [5, 5.41) is 11.5. The Labute approximate surface area is 146 Å². The molecule has 0 saturated carbocycles. The topological polar surface area (TPSA) is 85.4 Å². The van der Waals surface area contributed by atoms with Gasteiger partial charge >= 0.3 is 0 Å². The molecule has 0 bridgehead atoms. The predicted octanol–water partition coefficient (Wildman–Crippen LogP) is 0.528. The summed E-state index contributed by atoms with van der Waals surface area (Å²) in [6.45, 7) is 4.15. The first kappa shape index (κ1) is 16.3. The molecule has 8 heteroatoms. The summed E-state index contributed by atoms with van der Waals surface area (Å²) < 4.78 is 12.6. The molecule has 1 aliphatic heterocycles. The molecule has 1 fully saturated rings. The summed E-state index contributed by atoms with van der Waals surface area (Å²) in [7, 11) is 1.80. The fourth-order valence-corrected chi connectivity index (χ4v) is 3.48. The second-order valence-electron chi connectivity index (χ2n) is 6.71. The van der Waals surface area contributed by atoms with Crippen molar-refractivity contribution in [3.05, 3.63) is 35.0 Å². The molecule has 0 aromatic carbocycles. The summed E-state index contributed by atoms with van der Waals surface area (Å²) in [4.78, 5) is 14.7. The highest BCUT2D eigenvalue weighted by Gasteiger charge is 2.28. The highest BCUT2D eigenvalue weighted by Crippen LogP contribution is 2.26. The first-order chi connectivity index (χ1) is 12.2. The molecule has 1 N–H and O–H groups in total. The summed E-state index contributed by atoms with van der Waals surface area (Å²) in [5.74, 6) is 0.840. The van der Waals surface area contributed by atoms with Crippen LogP contribution in [0, 0.1) is 0 Å². The molecule has 1 atom stereocenters. The second kappa shape index (κ2) is 6.97. The lowest BCUT2D eigenvalue weighted by atomic mass is 9.92. The SMILES string of the molecule is Cn1ccc(C(=O)NC2CCc3onc(CN4CCOCC4)c3C2)n1. The number of aromatic nitrogens is 3. The Bertz CT molecular complexity index is 747. The van der Waals surface area contributed by atoms with Crippen LogP contribution in [0.15, 0.2) is 16.8 Å². The lowest BCUT2D eigenvalue weighted by Crippen LogP contribution is -2.39. The molecule has 1 saturated heterocycles. The molecule has 8 nitrogen and oxygen atoms in total. The zero-order valence-electron chi connectivity index (χ0n) is 14.4. The summed E-state index contributed by atoms with van der Waals surface area (Å²) in [6.07, 6.45) is 4.20. The number of hydrogen-bond donors (Lipinski definition) is 1. The van der Waals surface area contributed by atoms with Crippen molar-refractivity contribution in [3.63, 3.8) is 0 Å². The number of rotatable bonds is 4. The van der Waals surface area contributed by atoms with E-state index in [0.29, 0.717) is 5.69 Å². The third-order valence-corrected chi connectivity index (χ3v) is 4.88. The van der Waals surface area contributed by atoms with E-state index in [4.69, 9.17) is 9.26 Å². The lowest BCUT2D eigenvalue weighted by molar-refractivity contribution is 0.0331. The van der Waals surface area contributed by atoms with Crippen molar-refractivity contribution < 1.29 is 14.1 Å². The molecule has 0 spiro atoms. The molecule has 1 amide bonds. The number of aryl methyl sites for hydroxylation is 2. The predicted molar refractivity (Wildman–Crippen MR) is 89.1 cm³/mol. The van der Waals surface area contributed by atoms with Crippen molar-refractivity contribution in [1.82, 2.24) is 25.2 Å². The van der Waals surface area contributed by atoms with Gasteiger partial charge in [-0.15, -0.1) is 0 Å². The van der Waals surface area contributed by atoms with Crippen LogP contribution in [0.5, 0.6) is 0 Å². The Balaban J connectivity index is 1.41. The fourth-order valence-electron chi connectivity index (χ4n) is 3.48. The molecule has 1 aliphatic carbocycles. The van der Waals surface area contributed by atoms with Crippen LogP contribution < -0.4 is 5.32 Å². The lowest BCUT2D eigenvalue weighted by Gasteiger charge is -2.27. The highest BCUT2D eigenvalue weighted by atomic mass is 16.5.